The molecule has 0 aromatic rings. The van der Waals surface area contributed by atoms with E-state index in [-0.39, 0.29) is 6.08 Å². The van der Waals surface area contributed by atoms with Gasteiger partial charge >= 0.3 is 6.18 Å². The topological polar surface area (TPSA) is 40.1 Å². The maximum absolute atomic E-state index is 11.8. The minimum atomic E-state index is -4.59. The summed E-state index contributed by atoms with van der Waals surface area (Å²) in [5.74, 6) is -4.14. The summed E-state index contributed by atoms with van der Waals surface area (Å²) in [5.41, 5.74) is 0. The highest BCUT2D eigenvalue weighted by atomic mass is 19.4. The highest BCUT2D eigenvalue weighted by Gasteiger charge is 2.25. The molecule has 0 aromatic carbocycles. The van der Waals surface area contributed by atoms with Gasteiger partial charge < -0.3 is 9.90 Å². The van der Waals surface area contributed by atoms with Crippen molar-refractivity contribution in [2.75, 3.05) is 0 Å². The maximum atomic E-state index is 11.8. The normalized spacial score (nSPS) is 13.3. The lowest BCUT2D eigenvalue weighted by atomic mass is 10.3. The molecule has 0 N–H and O–H groups in total. The Morgan fingerprint density at radius 1 is 1.45 bits per heavy atom. The zero-order valence-electron chi connectivity index (χ0n) is 5.11. The van der Waals surface area contributed by atoms with Gasteiger partial charge in [0.1, 0.15) is 5.83 Å². The van der Waals surface area contributed by atoms with Crippen LogP contribution < -0.4 is 5.11 Å². The summed E-state index contributed by atoms with van der Waals surface area (Å²) in [6.45, 7) is 0. The van der Waals surface area contributed by atoms with Crippen molar-refractivity contribution >= 4 is 5.97 Å². The first-order valence-corrected chi connectivity index (χ1v) is 2.46. The minimum absolute atomic E-state index is 0.0880. The number of carboxylic acid groups (broad SMARTS) is 1. The van der Waals surface area contributed by atoms with E-state index in [9.17, 15) is 27.5 Å². The lowest BCUT2D eigenvalue weighted by Gasteiger charge is -2.01. The molecule has 0 spiro atoms. The van der Waals surface area contributed by atoms with Crippen LogP contribution in [-0.4, -0.2) is 12.1 Å². The van der Waals surface area contributed by atoms with Crippen LogP contribution in [0.3, 0.4) is 0 Å². The second-order valence-corrected chi connectivity index (χ2v) is 1.66. The first kappa shape index (κ1) is 9.93. The molecule has 0 aliphatic rings. The molecular weight excluding hydrogens is 168 g/mol. The third-order valence-electron chi connectivity index (χ3n) is 0.708. The van der Waals surface area contributed by atoms with Crippen LogP contribution in [0.4, 0.5) is 17.6 Å². The third-order valence-corrected chi connectivity index (χ3v) is 0.708. The van der Waals surface area contributed by atoms with Crippen molar-refractivity contribution in [2.24, 2.45) is 0 Å². The molecule has 0 radical (unpaired) electrons. The van der Waals surface area contributed by atoms with Gasteiger partial charge in [-0.3, -0.25) is 0 Å². The molecule has 0 unspecified atom stereocenters. The molecule has 0 atom stereocenters. The molecule has 0 heterocycles. The number of aliphatic carboxylic acids is 1. The Morgan fingerprint density at radius 2 is 1.91 bits per heavy atom. The molecule has 0 aliphatic carbocycles. The fraction of sp³-hybridized carbons (Fsp3) is 0.400. The molecule has 6 heteroatoms. The molecule has 0 saturated carbocycles. The molecule has 0 saturated heterocycles. The minimum Gasteiger partial charge on any atom is -0.542 e. The number of alkyl halides is 3. The highest BCUT2D eigenvalue weighted by molar-refractivity contribution is 5.81. The molecule has 11 heavy (non-hydrogen) atoms. The number of hydrogen-bond donors (Lipinski definition) is 0. The predicted molar refractivity (Wildman–Crippen MR) is 24.9 cm³/mol. The molecule has 0 rings (SSSR count). The number of hydrogen-bond acceptors (Lipinski definition) is 2. The van der Waals surface area contributed by atoms with Gasteiger partial charge in [0.2, 0.25) is 0 Å². The average Bonchev–Trinajstić information content (AvgIpc) is 1.80. The van der Waals surface area contributed by atoms with Crippen LogP contribution in [0.2, 0.25) is 0 Å². The summed E-state index contributed by atoms with van der Waals surface area (Å²) in [6, 6.07) is 0. The monoisotopic (exact) mass is 171 g/mol. The van der Waals surface area contributed by atoms with E-state index in [2.05, 4.69) is 0 Å². The van der Waals surface area contributed by atoms with Gasteiger partial charge in [0.05, 0.1) is 12.4 Å². The fourth-order valence-corrected chi connectivity index (χ4v) is 0.289. The first-order valence-electron chi connectivity index (χ1n) is 2.46. The number of halogens is 4. The largest absolute Gasteiger partial charge is 0.542 e. The van der Waals surface area contributed by atoms with Gasteiger partial charge in [-0.05, 0) is 6.08 Å². The molecule has 0 aromatic heterocycles. The van der Waals surface area contributed by atoms with Gasteiger partial charge in [-0.2, -0.15) is 13.2 Å². The molecule has 2 nitrogen and oxygen atoms in total. The van der Waals surface area contributed by atoms with E-state index in [0.29, 0.717) is 0 Å². The summed E-state index contributed by atoms with van der Waals surface area (Å²) in [4.78, 5) is 9.49. The zero-order valence-corrected chi connectivity index (χ0v) is 5.11. The number of carbonyl (C=O) groups excluding carboxylic acids is 1. The van der Waals surface area contributed by atoms with Crippen molar-refractivity contribution < 1.29 is 27.5 Å². The first-order chi connectivity index (χ1) is 4.83. The SMILES string of the molecule is O=C([O-])C(F)=CCC(F)(F)F. The van der Waals surface area contributed by atoms with Crippen LogP contribution in [0.1, 0.15) is 6.42 Å². The van der Waals surface area contributed by atoms with Crippen molar-refractivity contribution in [2.45, 2.75) is 12.6 Å². The third kappa shape index (κ3) is 5.38. The highest BCUT2D eigenvalue weighted by Crippen LogP contribution is 2.20. The lowest BCUT2D eigenvalue weighted by molar-refractivity contribution is -0.301. The van der Waals surface area contributed by atoms with Gasteiger partial charge in [0.15, 0.2) is 0 Å². The smallest absolute Gasteiger partial charge is 0.392 e. The number of carbonyl (C=O) groups is 1. The van der Waals surface area contributed by atoms with Gasteiger partial charge in [-0.1, -0.05) is 0 Å². The van der Waals surface area contributed by atoms with Gasteiger partial charge in [0.25, 0.3) is 0 Å². The summed E-state index contributed by atoms with van der Waals surface area (Å²) in [7, 11) is 0. The quantitative estimate of drug-likeness (QED) is 0.449. The van der Waals surface area contributed by atoms with E-state index in [1.807, 2.05) is 0 Å². The van der Waals surface area contributed by atoms with E-state index in [1.54, 1.807) is 0 Å². The number of carboxylic acids is 1. The van der Waals surface area contributed by atoms with Crippen molar-refractivity contribution in [3.63, 3.8) is 0 Å². The van der Waals surface area contributed by atoms with E-state index in [0.717, 1.165) is 0 Å². The second kappa shape index (κ2) is 3.36. The molecule has 0 bridgehead atoms. The molecular formula is C5H3F4O2-. The van der Waals surface area contributed by atoms with Gasteiger partial charge in [-0.25, -0.2) is 4.39 Å². The molecule has 0 aliphatic heterocycles. The van der Waals surface area contributed by atoms with Crippen molar-refractivity contribution in [3.05, 3.63) is 11.9 Å². The van der Waals surface area contributed by atoms with Crippen molar-refractivity contribution in [1.82, 2.24) is 0 Å². The van der Waals surface area contributed by atoms with Crippen molar-refractivity contribution in [1.29, 1.82) is 0 Å². The summed E-state index contributed by atoms with van der Waals surface area (Å²) in [5, 5.41) is 9.49. The molecule has 0 fully saturated rings. The zero-order chi connectivity index (χ0) is 9.07. The Balaban J connectivity index is 4.04. The number of allylic oxidation sites excluding steroid dienone is 1. The standard InChI is InChI=1S/C5H4F4O2/c6-3(4(10)11)1-2-5(7,8)9/h1H,2H2,(H,10,11)/p-1. The van der Waals surface area contributed by atoms with Crippen LogP contribution >= 0.6 is 0 Å². The van der Waals surface area contributed by atoms with E-state index in [1.165, 1.54) is 0 Å². The lowest BCUT2D eigenvalue weighted by Crippen LogP contribution is -2.22. The fourth-order valence-electron chi connectivity index (χ4n) is 0.289. The Morgan fingerprint density at radius 3 is 2.18 bits per heavy atom. The van der Waals surface area contributed by atoms with Crippen LogP contribution in [-0.2, 0) is 4.79 Å². The van der Waals surface area contributed by atoms with Gasteiger partial charge in [0, 0.05) is 0 Å². The van der Waals surface area contributed by atoms with E-state index >= 15 is 0 Å². The Bertz CT molecular complexity index is 181. The summed E-state index contributed by atoms with van der Waals surface area (Å²) in [6.07, 6.45) is -6.28. The average molecular weight is 171 g/mol. The molecule has 64 valence electrons. The van der Waals surface area contributed by atoms with Crippen LogP contribution in [0.15, 0.2) is 11.9 Å². The predicted octanol–water partition coefficient (Wildman–Crippen LogP) is 0.542. The van der Waals surface area contributed by atoms with Crippen molar-refractivity contribution in [3.8, 4) is 0 Å². The van der Waals surface area contributed by atoms with Crippen LogP contribution in [0.25, 0.3) is 0 Å². The summed E-state index contributed by atoms with van der Waals surface area (Å²) < 4.78 is 45.5. The van der Waals surface area contributed by atoms with E-state index < -0.39 is 24.4 Å². The molecule has 0 amide bonds. The maximum Gasteiger partial charge on any atom is 0.392 e. The van der Waals surface area contributed by atoms with Crippen LogP contribution in [0, 0.1) is 0 Å². The van der Waals surface area contributed by atoms with Gasteiger partial charge in [-0.15, -0.1) is 0 Å². The summed E-state index contributed by atoms with van der Waals surface area (Å²) >= 11 is 0. The van der Waals surface area contributed by atoms with Crippen LogP contribution in [0.5, 0.6) is 0 Å². The van der Waals surface area contributed by atoms with E-state index in [4.69, 9.17) is 0 Å². The number of rotatable bonds is 2. The second-order valence-electron chi connectivity index (χ2n) is 1.66. The Kier molecular flexibility index (Phi) is 3.03. The Hall–Kier alpha value is -1.07. The Labute approximate surface area is 59.1 Å².